The monoisotopic (exact) mass is 280 g/mol. The van der Waals surface area contributed by atoms with E-state index >= 15 is 0 Å². The zero-order chi connectivity index (χ0) is 14.7. The minimum atomic E-state index is -0.0771. The van der Waals surface area contributed by atoms with Crippen LogP contribution in [-0.2, 0) is 12.0 Å². The molecule has 1 unspecified atom stereocenters. The van der Waals surface area contributed by atoms with Gasteiger partial charge in [0.25, 0.3) is 0 Å². The number of nitrogens with one attached hydrogen (secondary N) is 1. The highest BCUT2D eigenvalue weighted by Gasteiger charge is 2.41. The van der Waals surface area contributed by atoms with Crippen molar-refractivity contribution in [3.63, 3.8) is 0 Å². The molecule has 0 saturated heterocycles. The molecule has 1 aliphatic rings. The summed E-state index contributed by atoms with van der Waals surface area (Å²) < 4.78 is 0. The molecule has 2 aromatic rings. The lowest BCUT2D eigenvalue weighted by molar-refractivity contribution is 0.610. The molecule has 2 nitrogen and oxygen atoms in total. The molecule has 2 aromatic carbocycles. The van der Waals surface area contributed by atoms with Crippen molar-refractivity contribution in [2.75, 3.05) is 11.9 Å². The molecule has 21 heavy (non-hydrogen) atoms. The number of hydrogen-bond acceptors (Lipinski definition) is 2. The second kappa shape index (κ2) is 5.90. The van der Waals surface area contributed by atoms with Crippen LogP contribution in [-0.4, -0.2) is 6.54 Å². The molecule has 0 aromatic heterocycles. The van der Waals surface area contributed by atoms with Crippen molar-refractivity contribution < 1.29 is 0 Å². The summed E-state index contributed by atoms with van der Waals surface area (Å²) in [5, 5.41) is 3.60. The molecule has 1 fully saturated rings. The Morgan fingerprint density at radius 2 is 1.71 bits per heavy atom. The predicted molar refractivity (Wildman–Crippen MR) is 89.3 cm³/mol. The maximum absolute atomic E-state index is 6.36. The Morgan fingerprint density at radius 1 is 1.05 bits per heavy atom. The summed E-state index contributed by atoms with van der Waals surface area (Å²) in [4.78, 5) is 0. The first-order chi connectivity index (χ1) is 10.2. The molecule has 0 amide bonds. The fourth-order valence-electron chi connectivity index (χ4n) is 2.85. The van der Waals surface area contributed by atoms with Gasteiger partial charge in [-0.3, -0.25) is 0 Å². The van der Waals surface area contributed by atoms with Crippen LogP contribution in [0, 0.1) is 5.92 Å². The maximum Gasteiger partial charge on any atom is 0.0431 e. The van der Waals surface area contributed by atoms with Gasteiger partial charge in [0.05, 0.1) is 0 Å². The topological polar surface area (TPSA) is 38.0 Å². The third kappa shape index (κ3) is 3.45. The summed E-state index contributed by atoms with van der Waals surface area (Å²) >= 11 is 0. The van der Waals surface area contributed by atoms with Gasteiger partial charge in [-0.05, 0) is 42.4 Å². The highest BCUT2D eigenvalue weighted by atomic mass is 14.9. The van der Waals surface area contributed by atoms with Gasteiger partial charge in [-0.15, -0.1) is 0 Å². The minimum absolute atomic E-state index is 0.0771. The third-order valence-electron chi connectivity index (χ3n) is 4.32. The summed E-state index contributed by atoms with van der Waals surface area (Å²) in [6.45, 7) is 3.26. The van der Waals surface area contributed by atoms with E-state index < -0.39 is 0 Å². The summed E-state index contributed by atoms with van der Waals surface area (Å²) in [5.41, 5.74) is 10.2. The van der Waals surface area contributed by atoms with E-state index in [9.17, 15) is 0 Å². The molecule has 0 heterocycles. The van der Waals surface area contributed by atoms with Gasteiger partial charge in [-0.2, -0.15) is 0 Å². The predicted octanol–water partition coefficient (Wildman–Crippen LogP) is 3.93. The molecule has 3 rings (SSSR count). The van der Waals surface area contributed by atoms with Gasteiger partial charge >= 0.3 is 0 Å². The van der Waals surface area contributed by atoms with Crippen LogP contribution in [0.15, 0.2) is 54.6 Å². The van der Waals surface area contributed by atoms with Crippen molar-refractivity contribution in [3.05, 3.63) is 65.7 Å². The first kappa shape index (κ1) is 14.2. The van der Waals surface area contributed by atoms with Crippen molar-refractivity contribution in [3.8, 4) is 0 Å². The first-order valence-electron chi connectivity index (χ1n) is 7.83. The summed E-state index contributed by atoms with van der Waals surface area (Å²) in [5.74, 6) is 0.591. The van der Waals surface area contributed by atoms with Crippen LogP contribution in [0.3, 0.4) is 0 Å². The maximum atomic E-state index is 6.36. The van der Waals surface area contributed by atoms with Gasteiger partial charge in [-0.1, -0.05) is 55.5 Å². The lowest BCUT2D eigenvalue weighted by atomic mass is 10.00. The molecule has 0 aliphatic heterocycles. The lowest BCUT2D eigenvalue weighted by Crippen LogP contribution is -2.22. The van der Waals surface area contributed by atoms with Crippen molar-refractivity contribution in [1.82, 2.24) is 0 Å². The Labute approximate surface area is 127 Å². The van der Waals surface area contributed by atoms with Crippen LogP contribution in [0.1, 0.15) is 30.9 Å². The van der Waals surface area contributed by atoms with Gasteiger partial charge < -0.3 is 11.1 Å². The van der Waals surface area contributed by atoms with E-state index in [4.69, 9.17) is 5.73 Å². The van der Waals surface area contributed by atoms with E-state index in [-0.39, 0.29) is 5.54 Å². The standard InChI is InChI=1S/C19H24N2/c1-15(13-16-7-3-2-4-8-16)14-21-18-10-6-5-9-17(18)19(20)11-12-19/h2-10,15,21H,11-14,20H2,1H3. The highest BCUT2D eigenvalue weighted by molar-refractivity contribution is 5.56. The van der Waals surface area contributed by atoms with Crippen LogP contribution in [0.4, 0.5) is 5.69 Å². The molecular formula is C19H24N2. The van der Waals surface area contributed by atoms with Crippen LogP contribution >= 0.6 is 0 Å². The van der Waals surface area contributed by atoms with E-state index in [1.54, 1.807) is 0 Å². The second-order valence-corrected chi connectivity index (χ2v) is 6.38. The zero-order valence-corrected chi connectivity index (χ0v) is 12.7. The van der Waals surface area contributed by atoms with Gasteiger partial charge in [0, 0.05) is 17.8 Å². The molecule has 3 N–H and O–H groups in total. The molecule has 110 valence electrons. The number of hydrogen-bond donors (Lipinski definition) is 2. The summed E-state index contributed by atoms with van der Waals surface area (Å²) in [7, 11) is 0. The Kier molecular flexibility index (Phi) is 3.98. The lowest BCUT2D eigenvalue weighted by Gasteiger charge is -2.19. The van der Waals surface area contributed by atoms with Gasteiger partial charge in [0.15, 0.2) is 0 Å². The molecule has 0 bridgehead atoms. The summed E-state index contributed by atoms with van der Waals surface area (Å²) in [6.07, 6.45) is 3.31. The van der Waals surface area contributed by atoms with E-state index in [2.05, 4.69) is 66.8 Å². The largest absolute Gasteiger partial charge is 0.384 e. The Bertz CT molecular complexity index is 588. The van der Waals surface area contributed by atoms with Crippen molar-refractivity contribution in [1.29, 1.82) is 0 Å². The van der Waals surface area contributed by atoms with Crippen LogP contribution in [0.25, 0.3) is 0 Å². The number of nitrogens with two attached hydrogens (primary N) is 1. The number of rotatable bonds is 6. The van der Waals surface area contributed by atoms with Crippen molar-refractivity contribution >= 4 is 5.69 Å². The second-order valence-electron chi connectivity index (χ2n) is 6.38. The zero-order valence-electron chi connectivity index (χ0n) is 12.7. The Hall–Kier alpha value is -1.80. The number of para-hydroxylation sites is 1. The quantitative estimate of drug-likeness (QED) is 0.841. The molecule has 2 heteroatoms. The highest BCUT2D eigenvalue weighted by Crippen LogP contribution is 2.45. The molecule has 1 aliphatic carbocycles. The summed E-state index contributed by atoms with van der Waals surface area (Å²) in [6, 6.07) is 19.2. The fraction of sp³-hybridized carbons (Fsp3) is 0.368. The fourth-order valence-corrected chi connectivity index (χ4v) is 2.85. The number of anilines is 1. The van der Waals surface area contributed by atoms with Gasteiger partial charge in [0.2, 0.25) is 0 Å². The minimum Gasteiger partial charge on any atom is -0.384 e. The van der Waals surface area contributed by atoms with E-state index in [0.717, 1.165) is 25.8 Å². The van der Waals surface area contributed by atoms with E-state index in [0.29, 0.717) is 5.92 Å². The molecule has 0 spiro atoms. The van der Waals surface area contributed by atoms with Gasteiger partial charge in [-0.25, -0.2) is 0 Å². The molecule has 1 atom stereocenters. The van der Waals surface area contributed by atoms with E-state index in [1.165, 1.54) is 16.8 Å². The SMILES string of the molecule is CC(CNc1ccccc1C1(N)CC1)Cc1ccccc1. The average Bonchev–Trinajstić information content (AvgIpc) is 3.25. The normalized spacial score (nSPS) is 17.2. The Balaban J connectivity index is 1.60. The van der Waals surface area contributed by atoms with Crippen LogP contribution < -0.4 is 11.1 Å². The third-order valence-corrected chi connectivity index (χ3v) is 4.32. The first-order valence-corrected chi connectivity index (χ1v) is 7.83. The van der Waals surface area contributed by atoms with Crippen molar-refractivity contribution in [2.45, 2.75) is 31.7 Å². The van der Waals surface area contributed by atoms with Crippen molar-refractivity contribution in [2.24, 2.45) is 11.7 Å². The van der Waals surface area contributed by atoms with E-state index in [1.807, 2.05) is 0 Å². The molecular weight excluding hydrogens is 256 g/mol. The molecule has 1 saturated carbocycles. The molecule has 0 radical (unpaired) electrons. The Morgan fingerprint density at radius 3 is 2.43 bits per heavy atom. The van der Waals surface area contributed by atoms with Crippen LogP contribution in [0.2, 0.25) is 0 Å². The van der Waals surface area contributed by atoms with Gasteiger partial charge in [0.1, 0.15) is 0 Å². The van der Waals surface area contributed by atoms with Crippen LogP contribution in [0.5, 0.6) is 0 Å². The smallest absolute Gasteiger partial charge is 0.0431 e. The average molecular weight is 280 g/mol. The number of benzene rings is 2.